The predicted molar refractivity (Wildman–Crippen MR) is 119 cm³/mol. The first-order valence-corrected chi connectivity index (χ1v) is 10.2. The lowest BCUT2D eigenvalue weighted by atomic mass is 9.69. The van der Waals surface area contributed by atoms with Crippen molar-refractivity contribution in [2.24, 2.45) is 11.3 Å². The molecule has 0 saturated heterocycles. The maximum atomic E-state index is 12.3. The summed E-state index contributed by atoms with van der Waals surface area (Å²) >= 11 is 6.41. The first kappa shape index (κ1) is 19.7. The summed E-state index contributed by atoms with van der Waals surface area (Å²) in [5.41, 5.74) is 4.73. The highest BCUT2D eigenvalue weighted by Crippen LogP contribution is 2.45. The fraction of sp³-hybridized carbons (Fsp3) is 0.280. The van der Waals surface area contributed by atoms with Crippen molar-refractivity contribution in [3.05, 3.63) is 75.9 Å². The fourth-order valence-corrected chi connectivity index (χ4v) is 4.35. The number of fused-ring (bicyclic) bond motifs is 2. The van der Waals surface area contributed by atoms with Crippen LogP contribution in [0, 0.1) is 11.3 Å². The number of carboxylic acid groups (broad SMARTS) is 1. The number of hydrogen-bond acceptors (Lipinski definition) is 2. The van der Waals surface area contributed by atoms with Gasteiger partial charge in [-0.25, -0.2) is 9.78 Å². The van der Waals surface area contributed by atoms with Gasteiger partial charge in [0, 0.05) is 10.4 Å². The minimum absolute atomic E-state index is 0.0404. The van der Waals surface area contributed by atoms with Gasteiger partial charge in [-0.05, 0) is 59.1 Å². The molecular weight excluding hydrogens is 382 g/mol. The maximum Gasteiger partial charge on any atom is 0.336 e. The zero-order valence-electron chi connectivity index (χ0n) is 16.9. The molecule has 1 aliphatic rings. The number of hydrogen-bond donors (Lipinski definition) is 1. The van der Waals surface area contributed by atoms with E-state index in [4.69, 9.17) is 16.6 Å². The lowest BCUT2D eigenvalue weighted by Gasteiger charge is -2.36. The standard InChI is InChI=1S/C25H24ClNO2/c1-25(2,3)17-13-16(12-15-8-4-6-10-20(15)26)23-19(14-17)22(24(28)29)18-9-5-7-11-21(18)27-23/h4-12,17H,13-14H2,1-3H3,(H,28,29). The van der Waals surface area contributed by atoms with Crippen LogP contribution in [-0.2, 0) is 6.42 Å². The Kier molecular flexibility index (Phi) is 4.95. The van der Waals surface area contributed by atoms with Crippen LogP contribution in [0.3, 0.4) is 0 Å². The smallest absolute Gasteiger partial charge is 0.336 e. The molecule has 0 amide bonds. The largest absolute Gasteiger partial charge is 0.478 e. The quantitative estimate of drug-likeness (QED) is 0.513. The minimum atomic E-state index is -0.897. The lowest BCUT2D eigenvalue weighted by molar-refractivity contribution is 0.0696. The van der Waals surface area contributed by atoms with Gasteiger partial charge in [-0.3, -0.25) is 0 Å². The second-order valence-corrected chi connectivity index (χ2v) is 9.21. The third kappa shape index (κ3) is 3.67. The van der Waals surface area contributed by atoms with Crippen LogP contribution in [0.15, 0.2) is 48.5 Å². The molecule has 0 saturated carbocycles. The van der Waals surface area contributed by atoms with Crippen molar-refractivity contribution in [2.75, 3.05) is 0 Å². The molecule has 1 atom stereocenters. The number of allylic oxidation sites excluding steroid dienone is 1. The summed E-state index contributed by atoms with van der Waals surface area (Å²) in [6.45, 7) is 6.64. The lowest BCUT2D eigenvalue weighted by Crippen LogP contribution is -2.28. The van der Waals surface area contributed by atoms with E-state index in [1.165, 1.54) is 0 Å². The van der Waals surface area contributed by atoms with Crippen molar-refractivity contribution in [1.82, 2.24) is 4.98 Å². The van der Waals surface area contributed by atoms with Crippen molar-refractivity contribution in [1.29, 1.82) is 0 Å². The molecule has 1 aliphatic carbocycles. The van der Waals surface area contributed by atoms with E-state index in [2.05, 4.69) is 26.8 Å². The third-order valence-corrected chi connectivity index (χ3v) is 6.23. The van der Waals surface area contributed by atoms with E-state index >= 15 is 0 Å². The molecule has 4 heteroatoms. The molecule has 3 nitrogen and oxygen atoms in total. The van der Waals surface area contributed by atoms with Gasteiger partial charge >= 0.3 is 5.97 Å². The average molecular weight is 406 g/mol. The molecule has 148 valence electrons. The number of pyridine rings is 1. The summed E-state index contributed by atoms with van der Waals surface area (Å²) in [5.74, 6) is -0.587. The van der Waals surface area contributed by atoms with E-state index < -0.39 is 5.97 Å². The average Bonchev–Trinajstić information content (AvgIpc) is 2.67. The summed E-state index contributed by atoms with van der Waals surface area (Å²) in [6.07, 6.45) is 3.62. The summed E-state index contributed by atoms with van der Waals surface area (Å²) < 4.78 is 0. The zero-order chi connectivity index (χ0) is 20.8. The molecule has 0 spiro atoms. The Bertz CT molecular complexity index is 1140. The van der Waals surface area contributed by atoms with E-state index in [9.17, 15) is 9.90 Å². The summed E-state index contributed by atoms with van der Waals surface area (Å²) in [5, 5.41) is 11.5. The predicted octanol–water partition coefficient (Wildman–Crippen LogP) is 6.74. The minimum Gasteiger partial charge on any atom is -0.478 e. The number of carbonyl (C=O) groups is 1. The molecule has 1 N–H and O–H groups in total. The molecule has 3 aromatic rings. The van der Waals surface area contributed by atoms with Gasteiger partial charge in [0.25, 0.3) is 0 Å². The Hall–Kier alpha value is -2.65. The molecule has 0 aliphatic heterocycles. The number of carboxylic acids is 1. The van der Waals surface area contributed by atoms with E-state index in [1.54, 1.807) is 0 Å². The Labute approximate surface area is 176 Å². The normalized spacial score (nSPS) is 18.1. The second kappa shape index (κ2) is 7.31. The number of halogens is 1. The summed E-state index contributed by atoms with van der Waals surface area (Å²) in [4.78, 5) is 17.2. The van der Waals surface area contributed by atoms with Crippen LogP contribution in [0.25, 0.3) is 22.6 Å². The number of aromatic carboxylic acids is 1. The van der Waals surface area contributed by atoms with Crippen LogP contribution in [0.5, 0.6) is 0 Å². The first-order valence-electron chi connectivity index (χ1n) is 9.86. The van der Waals surface area contributed by atoms with E-state index in [0.717, 1.165) is 28.8 Å². The molecular formula is C25H24ClNO2. The van der Waals surface area contributed by atoms with Crippen LogP contribution >= 0.6 is 11.6 Å². The van der Waals surface area contributed by atoms with Gasteiger partial charge in [-0.2, -0.15) is 0 Å². The van der Waals surface area contributed by atoms with Crippen LogP contribution in [0.4, 0.5) is 0 Å². The number of aromatic nitrogens is 1. The van der Waals surface area contributed by atoms with Crippen molar-refractivity contribution in [2.45, 2.75) is 33.6 Å². The third-order valence-electron chi connectivity index (χ3n) is 5.89. The molecule has 29 heavy (non-hydrogen) atoms. The van der Waals surface area contributed by atoms with E-state index in [1.807, 2.05) is 48.5 Å². The van der Waals surface area contributed by atoms with Gasteiger partial charge < -0.3 is 5.11 Å². The molecule has 0 radical (unpaired) electrons. The highest BCUT2D eigenvalue weighted by molar-refractivity contribution is 6.32. The van der Waals surface area contributed by atoms with Gasteiger partial charge in [0.1, 0.15) is 0 Å². The maximum absolute atomic E-state index is 12.3. The number of benzene rings is 2. The zero-order valence-corrected chi connectivity index (χ0v) is 17.6. The number of rotatable bonds is 2. The van der Waals surface area contributed by atoms with Crippen LogP contribution in [-0.4, -0.2) is 16.1 Å². The number of nitrogens with zero attached hydrogens (tertiary/aromatic N) is 1. The van der Waals surface area contributed by atoms with Crippen molar-refractivity contribution in [3.8, 4) is 0 Å². The molecule has 0 fully saturated rings. The topological polar surface area (TPSA) is 50.2 Å². The SMILES string of the molecule is CC(C)(C)C1CC(=Cc2ccccc2Cl)c2nc3ccccc3c(C(=O)O)c2C1. The Morgan fingerprint density at radius 1 is 1.10 bits per heavy atom. The van der Waals surface area contributed by atoms with E-state index in [0.29, 0.717) is 33.8 Å². The van der Waals surface area contributed by atoms with Gasteiger partial charge in [0.2, 0.25) is 0 Å². The second-order valence-electron chi connectivity index (χ2n) is 8.80. The monoisotopic (exact) mass is 405 g/mol. The summed E-state index contributed by atoms with van der Waals surface area (Å²) in [6, 6.07) is 15.2. The highest BCUT2D eigenvalue weighted by Gasteiger charge is 2.35. The van der Waals surface area contributed by atoms with Crippen molar-refractivity contribution >= 4 is 40.1 Å². The van der Waals surface area contributed by atoms with Crippen LogP contribution in [0.1, 0.15) is 54.4 Å². The molecule has 4 rings (SSSR count). The van der Waals surface area contributed by atoms with Crippen LogP contribution < -0.4 is 0 Å². The van der Waals surface area contributed by atoms with Crippen LogP contribution in [0.2, 0.25) is 5.02 Å². The van der Waals surface area contributed by atoms with Gasteiger partial charge in [0.05, 0.1) is 16.8 Å². The molecule has 1 unspecified atom stereocenters. The molecule has 2 aromatic carbocycles. The highest BCUT2D eigenvalue weighted by atomic mass is 35.5. The fourth-order valence-electron chi connectivity index (χ4n) is 4.16. The van der Waals surface area contributed by atoms with Gasteiger partial charge in [-0.1, -0.05) is 68.8 Å². The Balaban J connectivity index is 2.02. The van der Waals surface area contributed by atoms with Gasteiger partial charge in [-0.15, -0.1) is 0 Å². The number of para-hydroxylation sites is 1. The summed E-state index contributed by atoms with van der Waals surface area (Å²) in [7, 11) is 0. The van der Waals surface area contributed by atoms with Gasteiger partial charge in [0.15, 0.2) is 0 Å². The van der Waals surface area contributed by atoms with Crippen molar-refractivity contribution in [3.63, 3.8) is 0 Å². The van der Waals surface area contributed by atoms with Crippen molar-refractivity contribution < 1.29 is 9.90 Å². The molecule has 0 bridgehead atoms. The molecule has 1 heterocycles. The molecule has 1 aromatic heterocycles. The Morgan fingerprint density at radius 2 is 1.79 bits per heavy atom. The van der Waals surface area contributed by atoms with E-state index in [-0.39, 0.29) is 5.41 Å². The first-order chi connectivity index (χ1) is 13.8. The Morgan fingerprint density at radius 3 is 2.48 bits per heavy atom.